The molecular weight excluding hydrogens is 352 g/mol. The number of hydrogen-bond acceptors (Lipinski definition) is 4. The van der Waals surface area contributed by atoms with Gasteiger partial charge in [0.1, 0.15) is 12.1 Å². The van der Waals surface area contributed by atoms with E-state index in [1.807, 2.05) is 0 Å². The predicted molar refractivity (Wildman–Crippen MR) is 113 cm³/mol. The van der Waals surface area contributed by atoms with Crippen LogP contribution in [0.4, 0.5) is 5.95 Å². The van der Waals surface area contributed by atoms with Gasteiger partial charge in [-0.15, -0.1) is 0 Å². The number of aromatic nitrogens is 3. The molecule has 0 atom stereocenters. The van der Waals surface area contributed by atoms with Crippen LogP contribution in [0.3, 0.4) is 0 Å². The van der Waals surface area contributed by atoms with Crippen LogP contribution < -0.4 is 10.1 Å². The third-order valence-electron chi connectivity index (χ3n) is 5.74. The average Bonchev–Trinajstić information content (AvgIpc) is 3.18. The van der Waals surface area contributed by atoms with Gasteiger partial charge >= 0.3 is 0 Å². The SMILES string of the molecule is CCC(C)(C)c1ccc(OCCCC(=O)Nc2ncn[nH]2)c(C(C)(C)CC)c1. The largest absolute Gasteiger partial charge is 0.493 e. The van der Waals surface area contributed by atoms with E-state index in [4.69, 9.17) is 4.74 Å². The lowest BCUT2D eigenvalue weighted by atomic mass is 9.76. The van der Waals surface area contributed by atoms with Gasteiger partial charge in [0, 0.05) is 12.0 Å². The van der Waals surface area contributed by atoms with Crippen molar-refractivity contribution >= 4 is 11.9 Å². The molecule has 0 saturated carbocycles. The van der Waals surface area contributed by atoms with E-state index >= 15 is 0 Å². The standard InChI is InChI=1S/C22H34N4O2/c1-7-21(3,4)16-11-12-18(17(14-16)22(5,6)8-2)28-13-9-10-19(27)25-20-23-15-24-26-20/h11-12,14-15H,7-10,13H2,1-6H3,(H2,23,24,25,26,27). The van der Waals surface area contributed by atoms with Crippen LogP contribution in [0.25, 0.3) is 0 Å². The minimum absolute atomic E-state index is 0.0266. The van der Waals surface area contributed by atoms with Gasteiger partial charge in [-0.3, -0.25) is 10.1 Å². The molecule has 0 aliphatic rings. The van der Waals surface area contributed by atoms with Gasteiger partial charge in [-0.25, -0.2) is 5.10 Å². The molecular formula is C22H34N4O2. The number of rotatable bonds is 10. The molecule has 0 unspecified atom stereocenters. The minimum Gasteiger partial charge on any atom is -0.493 e. The van der Waals surface area contributed by atoms with Crippen molar-refractivity contribution in [3.05, 3.63) is 35.7 Å². The summed E-state index contributed by atoms with van der Waals surface area (Å²) in [5.74, 6) is 1.18. The van der Waals surface area contributed by atoms with E-state index in [2.05, 4.69) is 80.2 Å². The number of anilines is 1. The lowest BCUT2D eigenvalue weighted by Gasteiger charge is -2.30. The molecule has 0 aliphatic heterocycles. The van der Waals surface area contributed by atoms with Crippen LogP contribution in [0.2, 0.25) is 0 Å². The number of aromatic amines is 1. The highest BCUT2D eigenvalue weighted by Crippen LogP contribution is 2.38. The Balaban J connectivity index is 2.02. The van der Waals surface area contributed by atoms with E-state index in [0.29, 0.717) is 25.4 Å². The average molecular weight is 387 g/mol. The Bertz CT molecular complexity index is 767. The third kappa shape index (κ3) is 5.57. The zero-order valence-corrected chi connectivity index (χ0v) is 18.1. The summed E-state index contributed by atoms with van der Waals surface area (Å²) in [5, 5.41) is 8.99. The topological polar surface area (TPSA) is 79.9 Å². The van der Waals surface area contributed by atoms with Gasteiger partial charge < -0.3 is 4.74 Å². The van der Waals surface area contributed by atoms with Crippen molar-refractivity contribution in [3.63, 3.8) is 0 Å². The summed E-state index contributed by atoms with van der Waals surface area (Å²) in [7, 11) is 0. The molecule has 2 rings (SSSR count). The van der Waals surface area contributed by atoms with Crippen LogP contribution in [0, 0.1) is 0 Å². The first-order chi connectivity index (χ1) is 13.2. The highest BCUT2D eigenvalue weighted by molar-refractivity contribution is 5.88. The van der Waals surface area contributed by atoms with E-state index in [1.54, 1.807) is 0 Å². The highest BCUT2D eigenvalue weighted by atomic mass is 16.5. The lowest BCUT2D eigenvalue weighted by molar-refractivity contribution is -0.116. The summed E-state index contributed by atoms with van der Waals surface area (Å²) in [5.41, 5.74) is 2.74. The highest BCUT2D eigenvalue weighted by Gasteiger charge is 2.26. The molecule has 0 fully saturated rings. The van der Waals surface area contributed by atoms with Gasteiger partial charge in [0.15, 0.2) is 0 Å². The van der Waals surface area contributed by atoms with Crippen LogP contribution in [-0.2, 0) is 15.6 Å². The van der Waals surface area contributed by atoms with Crippen molar-refractivity contribution < 1.29 is 9.53 Å². The molecule has 0 aliphatic carbocycles. The molecule has 1 aromatic heterocycles. The van der Waals surface area contributed by atoms with Crippen LogP contribution in [0.1, 0.15) is 78.4 Å². The number of carbonyl (C=O) groups is 1. The third-order valence-corrected chi connectivity index (χ3v) is 5.74. The number of H-pyrrole nitrogens is 1. The first kappa shape index (κ1) is 21.9. The van der Waals surface area contributed by atoms with Gasteiger partial charge in [0.2, 0.25) is 11.9 Å². The lowest BCUT2D eigenvalue weighted by Crippen LogP contribution is -2.21. The number of nitrogens with zero attached hydrogens (tertiary/aromatic N) is 2. The summed E-state index contributed by atoms with van der Waals surface area (Å²) >= 11 is 0. The quantitative estimate of drug-likeness (QED) is 0.565. The summed E-state index contributed by atoms with van der Waals surface area (Å²) in [4.78, 5) is 15.8. The Kier molecular flexibility index (Phi) is 7.22. The fourth-order valence-electron chi connectivity index (χ4n) is 2.88. The number of nitrogens with one attached hydrogen (secondary N) is 2. The maximum absolute atomic E-state index is 11.9. The summed E-state index contributed by atoms with van der Waals surface area (Å²) in [6.07, 6.45) is 4.47. The van der Waals surface area contributed by atoms with E-state index < -0.39 is 0 Å². The fourth-order valence-corrected chi connectivity index (χ4v) is 2.88. The predicted octanol–water partition coefficient (Wildman–Crippen LogP) is 4.98. The van der Waals surface area contributed by atoms with Crippen molar-refractivity contribution in [2.45, 2.75) is 78.1 Å². The first-order valence-corrected chi connectivity index (χ1v) is 10.1. The zero-order chi connectivity index (χ0) is 20.8. The van der Waals surface area contributed by atoms with Crippen LogP contribution in [-0.4, -0.2) is 27.7 Å². The Morgan fingerprint density at radius 2 is 1.86 bits per heavy atom. The number of hydrogen-bond donors (Lipinski definition) is 2. The van der Waals surface area contributed by atoms with E-state index in [1.165, 1.54) is 17.5 Å². The first-order valence-electron chi connectivity index (χ1n) is 10.1. The van der Waals surface area contributed by atoms with Crippen molar-refractivity contribution in [1.82, 2.24) is 15.2 Å². The monoisotopic (exact) mass is 386 g/mol. The van der Waals surface area contributed by atoms with Crippen LogP contribution in [0.5, 0.6) is 5.75 Å². The van der Waals surface area contributed by atoms with Crippen LogP contribution >= 0.6 is 0 Å². The molecule has 28 heavy (non-hydrogen) atoms. The van der Waals surface area contributed by atoms with Crippen molar-refractivity contribution in [2.75, 3.05) is 11.9 Å². The van der Waals surface area contributed by atoms with Gasteiger partial charge in [-0.2, -0.15) is 10.1 Å². The van der Waals surface area contributed by atoms with Crippen molar-refractivity contribution in [2.24, 2.45) is 0 Å². The number of carbonyl (C=O) groups excluding carboxylic acids is 1. The van der Waals surface area contributed by atoms with E-state index in [9.17, 15) is 4.79 Å². The molecule has 0 saturated heterocycles. The Labute approximate surface area is 168 Å². The Hall–Kier alpha value is -2.37. The smallest absolute Gasteiger partial charge is 0.226 e. The second-order valence-corrected chi connectivity index (χ2v) is 8.52. The summed E-state index contributed by atoms with van der Waals surface area (Å²) in [6.45, 7) is 14.0. The van der Waals surface area contributed by atoms with Crippen LogP contribution in [0.15, 0.2) is 24.5 Å². The molecule has 2 N–H and O–H groups in total. The number of amides is 1. The van der Waals surface area contributed by atoms with Gasteiger partial charge in [-0.05, 0) is 41.7 Å². The Morgan fingerprint density at radius 3 is 2.46 bits per heavy atom. The minimum atomic E-state index is -0.102. The molecule has 1 aromatic carbocycles. The van der Waals surface area contributed by atoms with Gasteiger partial charge in [-0.1, -0.05) is 53.7 Å². The second-order valence-electron chi connectivity index (χ2n) is 8.52. The molecule has 6 heteroatoms. The molecule has 6 nitrogen and oxygen atoms in total. The molecule has 1 heterocycles. The summed E-state index contributed by atoms with van der Waals surface area (Å²) < 4.78 is 6.10. The van der Waals surface area contributed by atoms with Gasteiger partial charge in [0.25, 0.3) is 0 Å². The molecule has 0 radical (unpaired) electrons. The maximum atomic E-state index is 11.9. The fraction of sp³-hybridized carbons (Fsp3) is 0.591. The second kappa shape index (κ2) is 9.22. The van der Waals surface area contributed by atoms with E-state index in [0.717, 1.165) is 18.6 Å². The van der Waals surface area contributed by atoms with E-state index in [-0.39, 0.29) is 16.7 Å². The zero-order valence-electron chi connectivity index (χ0n) is 18.1. The molecule has 0 bridgehead atoms. The van der Waals surface area contributed by atoms with Crippen molar-refractivity contribution in [1.29, 1.82) is 0 Å². The number of benzene rings is 1. The normalized spacial score (nSPS) is 12.1. The Morgan fingerprint density at radius 1 is 1.14 bits per heavy atom. The maximum Gasteiger partial charge on any atom is 0.226 e. The molecule has 0 spiro atoms. The van der Waals surface area contributed by atoms with Gasteiger partial charge in [0.05, 0.1) is 6.61 Å². The molecule has 1 amide bonds. The molecule has 2 aromatic rings. The number of ether oxygens (including phenoxy) is 1. The van der Waals surface area contributed by atoms with Crippen molar-refractivity contribution in [3.8, 4) is 5.75 Å². The summed E-state index contributed by atoms with van der Waals surface area (Å²) in [6, 6.07) is 6.57. The molecule has 154 valence electrons.